The Morgan fingerprint density at radius 3 is 2.54 bits per heavy atom. The van der Waals surface area contributed by atoms with E-state index in [1.165, 1.54) is 17.7 Å². The molecular weight excluding hydrogens is 487 g/mol. The van der Waals surface area contributed by atoms with E-state index in [1.807, 2.05) is 66.7 Å². The predicted octanol–water partition coefficient (Wildman–Crippen LogP) is 5.87. The van der Waals surface area contributed by atoms with Crippen molar-refractivity contribution in [1.82, 2.24) is 10.6 Å². The van der Waals surface area contributed by atoms with Gasteiger partial charge in [-0.25, -0.2) is 4.39 Å². The van der Waals surface area contributed by atoms with Gasteiger partial charge in [-0.05, 0) is 70.6 Å². The Bertz CT molecular complexity index is 1410. The van der Waals surface area contributed by atoms with Crippen molar-refractivity contribution < 1.29 is 14.3 Å². The van der Waals surface area contributed by atoms with Crippen molar-refractivity contribution in [3.05, 3.63) is 130 Å². The summed E-state index contributed by atoms with van der Waals surface area (Å²) < 4.78 is 14.9. The Morgan fingerprint density at radius 1 is 0.919 bits per heavy atom. The largest absolute Gasteiger partial charge is 0.390 e. The maximum Gasteiger partial charge on any atom is 0.254 e. The van der Waals surface area contributed by atoms with Crippen LogP contribution in [0, 0.1) is 5.82 Å². The highest BCUT2D eigenvalue weighted by atomic mass is 35.5. The maximum absolute atomic E-state index is 14.9. The summed E-state index contributed by atoms with van der Waals surface area (Å²) in [7, 11) is 0. The first kappa shape index (κ1) is 25.2. The zero-order valence-corrected chi connectivity index (χ0v) is 21.0. The number of fused-ring (bicyclic) bond motifs is 1. The van der Waals surface area contributed by atoms with Crippen LogP contribution in [-0.2, 0) is 19.4 Å². The molecule has 1 aliphatic carbocycles. The number of rotatable bonds is 8. The molecule has 0 aliphatic heterocycles. The van der Waals surface area contributed by atoms with Gasteiger partial charge in [0.1, 0.15) is 5.82 Å². The molecule has 0 radical (unpaired) electrons. The van der Waals surface area contributed by atoms with E-state index in [9.17, 15) is 14.3 Å². The fraction of sp³-hybridized carbons (Fsp3) is 0.194. The van der Waals surface area contributed by atoms with Gasteiger partial charge < -0.3 is 15.7 Å². The highest BCUT2D eigenvalue weighted by molar-refractivity contribution is 6.30. The minimum atomic E-state index is -0.767. The van der Waals surface area contributed by atoms with Crippen molar-refractivity contribution >= 4 is 17.5 Å². The average molecular weight is 515 g/mol. The van der Waals surface area contributed by atoms with Crippen molar-refractivity contribution in [2.24, 2.45) is 0 Å². The van der Waals surface area contributed by atoms with Crippen molar-refractivity contribution in [2.45, 2.75) is 31.5 Å². The molecule has 0 saturated heterocycles. The summed E-state index contributed by atoms with van der Waals surface area (Å²) in [6.45, 7) is 1.44. The normalized spacial score (nSPS) is 16.4. The zero-order valence-electron chi connectivity index (χ0n) is 20.3. The molecule has 2 atom stereocenters. The summed E-state index contributed by atoms with van der Waals surface area (Å²) in [6, 6.07) is 27.3. The SMILES string of the molecule is O=C(N[C@@H]1c2cc(CNCCc3cccc(Cl)c3)ccc2C[C@H]1O)c1ccc(-c2ccccc2)cc1F. The van der Waals surface area contributed by atoms with Gasteiger partial charge in [-0.15, -0.1) is 0 Å². The lowest BCUT2D eigenvalue weighted by molar-refractivity contribution is 0.0854. The number of carbonyl (C=O) groups is 1. The first-order chi connectivity index (χ1) is 18.0. The molecular formula is C31H28ClFN2O2. The van der Waals surface area contributed by atoms with Crippen molar-refractivity contribution in [1.29, 1.82) is 0 Å². The van der Waals surface area contributed by atoms with E-state index in [-0.39, 0.29) is 5.56 Å². The molecule has 1 amide bonds. The van der Waals surface area contributed by atoms with E-state index < -0.39 is 23.9 Å². The molecule has 1 aliphatic rings. The summed E-state index contributed by atoms with van der Waals surface area (Å²) in [5.74, 6) is -1.14. The highest BCUT2D eigenvalue weighted by Crippen LogP contribution is 2.33. The Hall–Kier alpha value is -3.51. The first-order valence-electron chi connectivity index (χ1n) is 12.4. The molecule has 6 heteroatoms. The van der Waals surface area contributed by atoms with Gasteiger partial charge in [0, 0.05) is 18.0 Å². The summed E-state index contributed by atoms with van der Waals surface area (Å²) in [6.07, 6.45) is 0.534. The van der Waals surface area contributed by atoms with Crippen molar-refractivity contribution in [2.75, 3.05) is 6.54 Å². The quantitative estimate of drug-likeness (QED) is 0.258. The molecule has 0 aromatic heterocycles. The molecule has 0 heterocycles. The lowest BCUT2D eigenvalue weighted by atomic mass is 10.0. The standard InChI is InChI=1S/C31H28ClFN2O2/c32-25-8-4-5-20(15-25)13-14-34-19-21-9-10-24-18-29(36)30(27(24)16-21)35-31(37)26-12-11-23(17-28(26)33)22-6-2-1-3-7-22/h1-12,15-17,29-30,34,36H,13-14,18-19H2,(H,35,37)/t29-,30-/m1/s1. The molecule has 4 aromatic carbocycles. The number of aliphatic hydroxyl groups is 1. The molecule has 0 bridgehead atoms. The number of halogens is 2. The third kappa shape index (κ3) is 5.91. The Morgan fingerprint density at radius 2 is 1.76 bits per heavy atom. The molecule has 0 fully saturated rings. The number of amides is 1. The van der Waals surface area contributed by atoms with Crippen molar-refractivity contribution in [3.8, 4) is 11.1 Å². The van der Waals surface area contributed by atoms with Crippen LogP contribution in [-0.4, -0.2) is 23.7 Å². The Kier molecular flexibility index (Phi) is 7.65. The van der Waals surface area contributed by atoms with E-state index in [2.05, 4.69) is 16.7 Å². The maximum atomic E-state index is 14.9. The lowest BCUT2D eigenvalue weighted by Gasteiger charge is -2.19. The molecule has 4 aromatic rings. The van der Waals surface area contributed by atoms with Crippen LogP contribution in [0.2, 0.25) is 5.02 Å². The van der Waals surface area contributed by atoms with Crippen LogP contribution in [0.15, 0.2) is 91.0 Å². The fourth-order valence-corrected chi connectivity index (χ4v) is 5.05. The monoisotopic (exact) mass is 514 g/mol. The van der Waals surface area contributed by atoms with Gasteiger partial charge >= 0.3 is 0 Å². The molecule has 4 nitrogen and oxygen atoms in total. The summed E-state index contributed by atoms with van der Waals surface area (Å²) in [5.41, 5.74) is 5.62. The average Bonchev–Trinajstić information content (AvgIpc) is 3.21. The minimum Gasteiger partial charge on any atom is -0.390 e. The third-order valence-electron chi connectivity index (χ3n) is 6.78. The first-order valence-corrected chi connectivity index (χ1v) is 12.8. The predicted molar refractivity (Wildman–Crippen MR) is 145 cm³/mol. The number of carbonyl (C=O) groups excluding carboxylic acids is 1. The Labute approximate surface area is 221 Å². The van der Waals surface area contributed by atoms with Gasteiger partial charge in [0.15, 0.2) is 0 Å². The van der Waals surface area contributed by atoms with Crippen LogP contribution in [0.4, 0.5) is 4.39 Å². The second kappa shape index (κ2) is 11.3. The number of benzene rings is 4. The highest BCUT2D eigenvalue weighted by Gasteiger charge is 2.33. The van der Waals surface area contributed by atoms with E-state index in [4.69, 9.17) is 11.6 Å². The minimum absolute atomic E-state index is 0.0424. The van der Waals surface area contributed by atoms with Crippen LogP contribution in [0.3, 0.4) is 0 Å². The number of hydrogen-bond donors (Lipinski definition) is 3. The van der Waals surface area contributed by atoms with Crippen LogP contribution < -0.4 is 10.6 Å². The second-order valence-corrected chi connectivity index (χ2v) is 9.81. The van der Waals surface area contributed by atoms with Crippen LogP contribution in [0.25, 0.3) is 11.1 Å². The van der Waals surface area contributed by atoms with Crippen LogP contribution >= 0.6 is 11.6 Å². The topological polar surface area (TPSA) is 61.4 Å². The summed E-state index contributed by atoms with van der Waals surface area (Å²) >= 11 is 6.06. The smallest absolute Gasteiger partial charge is 0.254 e. The van der Waals surface area contributed by atoms with E-state index in [0.29, 0.717) is 18.5 Å². The molecule has 0 saturated carbocycles. The number of hydrogen-bond acceptors (Lipinski definition) is 3. The van der Waals surface area contributed by atoms with Gasteiger partial charge in [0.25, 0.3) is 5.91 Å². The molecule has 188 valence electrons. The molecule has 3 N–H and O–H groups in total. The van der Waals surface area contributed by atoms with Gasteiger partial charge in [-0.2, -0.15) is 0 Å². The van der Waals surface area contributed by atoms with E-state index in [1.54, 1.807) is 6.07 Å². The number of nitrogens with one attached hydrogen (secondary N) is 2. The van der Waals surface area contributed by atoms with Gasteiger partial charge in [-0.3, -0.25) is 4.79 Å². The molecule has 37 heavy (non-hydrogen) atoms. The molecule has 0 spiro atoms. The molecule has 0 unspecified atom stereocenters. The summed E-state index contributed by atoms with van der Waals surface area (Å²) in [4.78, 5) is 13.0. The van der Waals surface area contributed by atoms with Crippen molar-refractivity contribution in [3.63, 3.8) is 0 Å². The molecule has 5 rings (SSSR count). The number of aliphatic hydroxyl groups excluding tert-OH is 1. The summed E-state index contributed by atoms with van der Waals surface area (Å²) in [5, 5.41) is 17.7. The third-order valence-corrected chi connectivity index (χ3v) is 7.01. The zero-order chi connectivity index (χ0) is 25.8. The fourth-order valence-electron chi connectivity index (χ4n) is 4.84. The Balaban J connectivity index is 1.24. The van der Waals surface area contributed by atoms with Gasteiger partial charge in [-0.1, -0.05) is 78.3 Å². The lowest BCUT2D eigenvalue weighted by Crippen LogP contribution is -2.34. The van der Waals surface area contributed by atoms with Gasteiger partial charge in [0.05, 0.1) is 17.7 Å². The van der Waals surface area contributed by atoms with Crippen LogP contribution in [0.1, 0.15) is 38.7 Å². The van der Waals surface area contributed by atoms with E-state index in [0.717, 1.165) is 40.2 Å². The van der Waals surface area contributed by atoms with Gasteiger partial charge in [0.2, 0.25) is 0 Å². The van der Waals surface area contributed by atoms with E-state index >= 15 is 0 Å². The second-order valence-electron chi connectivity index (χ2n) is 9.37. The van der Waals surface area contributed by atoms with Crippen LogP contribution in [0.5, 0.6) is 0 Å².